The molecule has 0 aliphatic carbocycles. The molecule has 0 aliphatic rings. The van der Waals surface area contributed by atoms with E-state index >= 15 is 0 Å². The van der Waals surface area contributed by atoms with E-state index in [1.54, 1.807) is 6.92 Å². The average Bonchev–Trinajstić information content (AvgIpc) is 2.75. The minimum atomic E-state index is -0.223. The van der Waals surface area contributed by atoms with Crippen LogP contribution >= 0.6 is 11.8 Å². The molecule has 0 radical (unpaired) electrons. The summed E-state index contributed by atoms with van der Waals surface area (Å²) in [5.74, 6) is 1.63. The standard InChI is InChI=1S/C14H22N2O4S/c1-4-19-14(18)6-5-7-15-13(17)9-21-8-12-10(2)16-20-11(12)3/h4-9H2,1-3H3,(H,15,17). The summed E-state index contributed by atoms with van der Waals surface area (Å²) in [6, 6.07) is 0. The van der Waals surface area contributed by atoms with E-state index in [-0.39, 0.29) is 11.9 Å². The number of thioether (sulfide) groups is 1. The van der Waals surface area contributed by atoms with Gasteiger partial charge < -0.3 is 14.6 Å². The molecule has 1 aromatic heterocycles. The quantitative estimate of drug-likeness (QED) is 0.554. The van der Waals surface area contributed by atoms with Crippen LogP contribution in [0.5, 0.6) is 0 Å². The molecule has 6 nitrogen and oxygen atoms in total. The molecule has 0 atom stereocenters. The second-order valence-electron chi connectivity index (χ2n) is 4.55. The summed E-state index contributed by atoms with van der Waals surface area (Å²) in [5, 5.41) is 6.66. The molecule has 1 aromatic rings. The molecule has 0 unspecified atom stereocenters. The van der Waals surface area contributed by atoms with Gasteiger partial charge in [-0.1, -0.05) is 5.16 Å². The zero-order valence-electron chi connectivity index (χ0n) is 12.7. The number of carbonyl (C=O) groups excluding carboxylic acids is 2. The van der Waals surface area contributed by atoms with E-state index in [0.29, 0.717) is 37.5 Å². The molecule has 1 N–H and O–H groups in total. The third kappa shape index (κ3) is 6.66. The normalized spacial score (nSPS) is 10.4. The maximum absolute atomic E-state index is 11.6. The van der Waals surface area contributed by atoms with Crippen LogP contribution in [0.15, 0.2) is 4.52 Å². The molecular formula is C14H22N2O4S. The maximum atomic E-state index is 11.6. The van der Waals surface area contributed by atoms with Gasteiger partial charge in [-0.15, -0.1) is 11.8 Å². The number of ether oxygens (including phenoxy) is 1. The van der Waals surface area contributed by atoms with Crippen molar-refractivity contribution in [3.63, 3.8) is 0 Å². The number of hydrogen-bond donors (Lipinski definition) is 1. The first-order valence-corrected chi connectivity index (χ1v) is 8.11. The lowest BCUT2D eigenvalue weighted by molar-refractivity contribution is -0.143. The van der Waals surface area contributed by atoms with Gasteiger partial charge in [0.2, 0.25) is 5.91 Å². The Morgan fingerprint density at radius 2 is 2.14 bits per heavy atom. The summed E-state index contributed by atoms with van der Waals surface area (Å²) in [5.41, 5.74) is 1.92. The monoisotopic (exact) mass is 314 g/mol. The molecule has 1 heterocycles. The molecule has 1 rings (SSSR count). The lowest BCUT2D eigenvalue weighted by atomic mass is 10.2. The number of esters is 1. The molecule has 1 amide bonds. The number of carbonyl (C=O) groups is 2. The molecule has 0 aliphatic heterocycles. The van der Waals surface area contributed by atoms with Gasteiger partial charge in [0.1, 0.15) is 5.76 Å². The summed E-state index contributed by atoms with van der Waals surface area (Å²) in [6.07, 6.45) is 0.930. The van der Waals surface area contributed by atoms with Gasteiger partial charge in [-0.25, -0.2) is 0 Å². The summed E-state index contributed by atoms with van der Waals surface area (Å²) in [6.45, 7) is 6.41. The Labute approximate surface area is 129 Å². The summed E-state index contributed by atoms with van der Waals surface area (Å²) in [7, 11) is 0. The Kier molecular flexibility index (Phi) is 7.89. The van der Waals surface area contributed by atoms with Crippen LogP contribution in [-0.4, -0.2) is 35.9 Å². The van der Waals surface area contributed by atoms with Crippen molar-refractivity contribution in [2.24, 2.45) is 0 Å². The molecule has 0 saturated carbocycles. The van der Waals surface area contributed by atoms with Gasteiger partial charge in [-0.05, 0) is 27.2 Å². The molecular weight excluding hydrogens is 292 g/mol. The van der Waals surface area contributed by atoms with Crippen molar-refractivity contribution in [1.82, 2.24) is 10.5 Å². The maximum Gasteiger partial charge on any atom is 0.305 e. The summed E-state index contributed by atoms with van der Waals surface area (Å²) >= 11 is 1.52. The van der Waals surface area contributed by atoms with Gasteiger partial charge in [0.05, 0.1) is 18.1 Å². The van der Waals surface area contributed by atoms with Gasteiger partial charge in [0, 0.05) is 24.3 Å². The number of hydrogen-bond acceptors (Lipinski definition) is 6. The number of nitrogens with one attached hydrogen (secondary N) is 1. The second-order valence-corrected chi connectivity index (χ2v) is 5.54. The van der Waals surface area contributed by atoms with Crippen molar-refractivity contribution in [2.45, 2.75) is 39.4 Å². The zero-order chi connectivity index (χ0) is 15.7. The van der Waals surface area contributed by atoms with Crippen LogP contribution < -0.4 is 5.32 Å². The van der Waals surface area contributed by atoms with Gasteiger partial charge in [0.15, 0.2) is 0 Å². The van der Waals surface area contributed by atoms with Crippen molar-refractivity contribution in [3.8, 4) is 0 Å². The lowest BCUT2D eigenvalue weighted by Crippen LogP contribution is -2.26. The summed E-state index contributed by atoms with van der Waals surface area (Å²) in [4.78, 5) is 22.7. The lowest BCUT2D eigenvalue weighted by Gasteiger charge is -2.05. The number of amides is 1. The van der Waals surface area contributed by atoms with E-state index < -0.39 is 0 Å². The van der Waals surface area contributed by atoms with Crippen LogP contribution in [0.1, 0.15) is 36.8 Å². The molecule has 0 bridgehead atoms. The fraction of sp³-hybridized carbons (Fsp3) is 0.643. The van der Waals surface area contributed by atoms with E-state index in [1.165, 1.54) is 11.8 Å². The highest BCUT2D eigenvalue weighted by atomic mass is 32.2. The second kappa shape index (κ2) is 9.44. The van der Waals surface area contributed by atoms with Crippen molar-refractivity contribution in [1.29, 1.82) is 0 Å². The van der Waals surface area contributed by atoms with Crippen molar-refractivity contribution in [3.05, 3.63) is 17.0 Å². The van der Waals surface area contributed by atoms with Crippen LogP contribution in [-0.2, 0) is 20.1 Å². The summed E-state index contributed by atoms with van der Waals surface area (Å²) < 4.78 is 9.87. The van der Waals surface area contributed by atoms with Crippen LogP contribution in [0.25, 0.3) is 0 Å². The van der Waals surface area contributed by atoms with Gasteiger partial charge >= 0.3 is 5.97 Å². The largest absolute Gasteiger partial charge is 0.466 e. The third-order valence-corrected chi connectivity index (χ3v) is 3.81. The Morgan fingerprint density at radius 3 is 2.76 bits per heavy atom. The van der Waals surface area contributed by atoms with E-state index in [4.69, 9.17) is 9.26 Å². The molecule has 0 fully saturated rings. The Morgan fingerprint density at radius 1 is 1.38 bits per heavy atom. The van der Waals surface area contributed by atoms with Gasteiger partial charge in [-0.3, -0.25) is 9.59 Å². The molecule has 7 heteroatoms. The van der Waals surface area contributed by atoms with Crippen molar-refractivity contribution in [2.75, 3.05) is 18.9 Å². The number of aromatic nitrogens is 1. The molecule has 0 spiro atoms. The highest BCUT2D eigenvalue weighted by Gasteiger charge is 2.10. The van der Waals surface area contributed by atoms with Crippen LogP contribution in [0.4, 0.5) is 0 Å². The smallest absolute Gasteiger partial charge is 0.305 e. The topological polar surface area (TPSA) is 81.4 Å². The fourth-order valence-corrected chi connectivity index (χ4v) is 2.70. The Bertz CT molecular complexity index is 454. The van der Waals surface area contributed by atoms with E-state index in [9.17, 15) is 9.59 Å². The van der Waals surface area contributed by atoms with Crippen LogP contribution in [0.2, 0.25) is 0 Å². The van der Waals surface area contributed by atoms with E-state index in [0.717, 1.165) is 17.0 Å². The molecule has 0 saturated heterocycles. The predicted octanol–water partition coefficient (Wildman–Crippen LogP) is 1.98. The van der Waals surface area contributed by atoms with Gasteiger partial charge in [-0.2, -0.15) is 0 Å². The SMILES string of the molecule is CCOC(=O)CCCNC(=O)CSCc1c(C)noc1C. The minimum absolute atomic E-state index is 0.0318. The minimum Gasteiger partial charge on any atom is -0.466 e. The van der Waals surface area contributed by atoms with Gasteiger partial charge in [0.25, 0.3) is 0 Å². The molecule has 118 valence electrons. The van der Waals surface area contributed by atoms with Crippen molar-refractivity contribution < 1.29 is 18.8 Å². The fourth-order valence-electron chi connectivity index (χ4n) is 1.70. The first-order chi connectivity index (χ1) is 10.0. The number of aryl methyl sites for hydroxylation is 2. The average molecular weight is 314 g/mol. The Hall–Kier alpha value is -1.50. The number of nitrogens with zero attached hydrogens (tertiary/aromatic N) is 1. The first-order valence-electron chi connectivity index (χ1n) is 6.96. The highest BCUT2D eigenvalue weighted by molar-refractivity contribution is 7.99. The third-order valence-electron chi connectivity index (χ3n) is 2.85. The molecule has 21 heavy (non-hydrogen) atoms. The van der Waals surface area contributed by atoms with E-state index in [2.05, 4.69) is 10.5 Å². The van der Waals surface area contributed by atoms with Crippen molar-refractivity contribution >= 4 is 23.6 Å². The predicted molar refractivity (Wildman–Crippen MR) is 81.0 cm³/mol. The number of rotatable bonds is 9. The highest BCUT2D eigenvalue weighted by Crippen LogP contribution is 2.19. The molecule has 0 aromatic carbocycles. The van der Waals surface area contributed by atoms with Crippen LogP contribution in [0, 0.1) is 13.8 Å². The zero-order valence-corrected chi connectivity index (χ0v) is 13.5. The first kappa shape index (κ1) is 17.6. The van der Waals surface area contributed by atoms with E-state index in [1.807, 2.05) is 13.8 Å². The Balaban J connectivity index is 2.10. The van der Waals surface area contributed by atoms with Crippen LogP contribution in [0.3, 0.4) is 0 Å².